The Balaban J connectivity index is 1.69. The number of aromatic nitrogens is 2. The zero-order chi connectivity index (χ0) is 24.4. The molecule has 0 saturated carbocycles. The molecule has 0 saturated heterocycles. The van der Waals surface area contributed by atoms with Crippen molar-refractivity contribution in [3.63, 3.8) is 0 Å². The molecule has 4 rings (SSSR count). The normalized spacial score (nSPS) is 14.5. The number of fused-ring (bicyclic) bond motifs is 2. The predicted octanol–water partition coefficient (Wildman–Crippen LogP) is 1.48. The first-order valence-corrected chi connectivity index (χ1v) is 11.0. The molecular formula is C24H26N6O4. The number of benzene rings is 2. The fourth-order valence-electron chi connectivity index (χ4n) is 4.07. The van der Waals surface area contributed by atoms with Crippen LogP contribution in [0.4, 0.5) is 11.4 Å². The van der Waals surface area contributed by atoms with Crippen LogP contribution in [-0.4, -0.2) is 41.1 Å². The highest BCUT2D eigenvalue weighted by atomic mass is 16.5. The molecule has 1 aliphatic rings. The minimum atomic E-state index is -0.604. The van der Waals surface area contributed by atoms with E-state index < -0.39 is 17.4 Å². The summed E-state index contributed by atoms with van der Waals surface area (Å²) in [6.07, 6.45) is 0.174. The molecule has 2 aromatic carbocycles. The summed E-state index contributed by atoms with van der Waals surface area (Å²) in [5.41, 5.74) is 2.46. The van der Waals surface area contributed by atoms with Gasteiger partial charge in [-0.25, -0.2) is 0 Å². The largest absolute Gasteiger partial charge is 0.382 e. The van der Waals surface area contributed by atoms with Crippen molar-refractivity contribution in [3.05, 3.63) is 68.2 Å². The molecule has 1 atom stereocenters. The van der Waals surface area contributed by atoms with E-state index in [4.69, 9.17) is 10.00 Å². The van der Waals surface area contributed by atoms with E-state index in [9.17, 15) is 14.4 Å². The molecule has 34 heavy (non-hydrogen) atoms. The summed E-state index contributed by atoms with van der Waals surface area (Å²) in [6, 6.07) is 12.1. The number of nitriles is 1. The van der Waals surface area contributed by atoms with Gasteiger partial charge in [0.25, 0.3) is 5.91 Å². The van der Waals surface area contributed by atoms with E-state index in [2.05, 4.69) is 10.6 Å². The highest BCUT2D eigenvalue weighted by Crippen LogP contribution is 2.37. The Morgan fingerprint density at radius 1 is 1.12 bits per heavy atom. The van der Waals surface area contributed by atoms with Gasteiger partial charge >= 0.3 is 11.1 Å². The van der Waals surface area contributed by atoms with Crippen LogP contribution in [0.3, 0.4) is 0 Å². The Bertz CT molecular complexity index is 1400. The van der Waals surface area contributed by atoms with E-state index in [-0.39, 0.29) is 5.91 Å². The van der Waals surface area contributed by atoms with Crippen LogP contribution >= 0.6 is 0 Å². The van der Waals surface area contributed by atoms with Crippen LogP contribution in [0.1, 0.15) is 29.3 Å². The maximum Gasteiger partial charge on any atom is 0.316 e. The minimum Gasteiger partial charge on any atom is -0.382 e. The number of anilines is 2. The van der Waals surface area contributed by atoms with Crippen molar-refractivity contribution in [1.29, 1.82) is 5.26 Å². The molecule has 0 radical (unpaired) electrons. The Labute approximate surface area is 196 Å². The van der Waals surface area contributed by atoms with Crippen molar-refractivity contribution in [3.8, 4) is 6.07 Å². The average molecular weight is 463 g/mol. The van der Waals surface area contributed by atoms with Crippen LogP contribution in [0.25, 0.3) is 11.0 Å². The number of hydrogen-bond acceptors (Lipinski definition) is 7. The van der Waals surface area contributed by atoms with Gasteiger partial charge in [0.2, 0.25) is 0 Å². The highest BCUT2D eigenvalue weighted by Gasteiger charge is 2.31. The number of hydrogen-bond donors (Lipinski definition) is 2. The van der Waals surface area contributed by atoms with Gasteiger partial charge in [0, 0.05) is 39.4 Å². The van der Waals surface area contributed by atoms with Crippen LogP contribution in [0.5, 0.6) is 0 Å². The minimum absolute atomic E-state index is 0.297. The van der Waals surface area contributed by atoms with E-state index in [1.54, 1.807) is 38.4 Å². The smallest absolute Gasteiger partial charge is 0.316 e. The molecule has 10 nitrogen and oxygen atoms in total. The summed E-state index contributed by atoms with van der Waals surface area (Å²) in [5, 5.41) is 15.3. The van der Waals surface area contributed by atoms with Crippen molar-refractivity contribution < 1.29 is 9.53 Å². The number of rotatable bonds is 7. The van der Waals surface area contributed by atoms with Crippen molar-refractivity contribution in [1.82, 2.24) is 14.5 Å². The molecule has 176 valence electrons. The second-order valence-corrected chi connectivity index (χ2v) is 8.04. The number of carbonyl (C=O) groups is 1. The first-order chi connectivity index (χ1) is 16.3. The van der Waals surface area contributed by atoms with Gasteiger partial charge in [-0.2, -0.15) is 5.26 Å². The number of aryl methyl sites for hydroxylation is 2. The number of nitrogens with zero attached hydrogens (tertiary/aromatic N) is 4. The molecule has 1 aliphatic heterocycles. The van der Waals surface area contributed by atoms with Crippen LogP contribution in [0.2, 0.25) is 0 Å². The lowest BCUT2D eigenvalue weighted by Gasteiger charge is -2.27. The molecule has 1 amide bonds. The van der Waals surface area contributed by atoms with Crippen LogP contribution in [-0.2, 0) is 18.8 Å². The Morgan fingerprint density at radius 3 is 2.38 bits per heavy atom. The second-order valence-electron chi connectivity index (χ2n) is 8.04. The monoisotopic (exact) mass is 462 g/mol. The van der Waals surface area contributed by atoms with Crippen molar-refractivity contribution >= 4 is 28.3 Å². The van der Waals surface area contributed by atoms with Crippen molar-refractivity contribution in [2.45, 2.75) is 19.6 Å². The SMILES string of the molecule is CCOCCCN1c2cc3c(cc2NC1NC(=O)c1ccc(C#N)cc1)n(C)c(=O)c(=O)n3C. The summed E-state index contributed by atoms with van der Waals surface area (Å²) < 4.78 is 8.16. The molecule has 0 aliphatic carbocycles. The molecule has 3 aromatic rings. The van der Waals surface area contributed by atoms with E-state index in [1.807, 2.05) is 30.0 Å². The summed E-state index contributed by atoms with van der Waals surface area (Å²) in [5.74, 6) is -0.297. The maximum absolute atomic E-state index is 12.9. The Morgan fingerprint density at radius 2 is 1.76 bits per heavy atom. The van der Waals surface area contributed by atoms with E-state index in [0.29, 0.717) is 41.9 Å². The van der Waals surface area contributed by atoms with E-state index in [1.165, 1.54) is 9.13 Å². The lowest BCUT2D eigenvalue weighted by molar-refractivity contribution is 0.0941. The molecule has 10 heteroatoms. The first kappa shape index (κ1) is 23.1. The number of carbonyl (C=O) groups excluding carboxylic acids is 1. The number of amides is 1. The summed E-state index contributed by atoms with van der Waals surface area (Å²) in [7, 11) is 3.14. The van der Waals surface area contributed by atoms with Gasteiger partial charge in [0.1, 0.15) is 0 Å². The molecule has 0 spiro atoms. The molecule has 1 aromatic heterocycles. The lowest BCUT2D eigenvalue weighted by atomic mass is 10.1. The first-order valence-electron chi connectivity index (χ1n) is 11.0. The molecule has 2 heterocycles. The molecule has 1 unspecified atom stereocenters. The summed E-state index contributed by atoms with van der Waals surface area (Å²) >= 11 is 0. The third kappa shape index (κ3) is 4.13. The zero-order valence-corrected chi connectivity index (χ0v) is 19.3. The Hall–Kier alpha value is -4.10. The van der Waals surface area contributed by atoms with Crippen molar-refractivity contribution in [2.75, 3.05) is 30.0 Å². The van der Waals surface area contributed by atoms with Crippen LogP contribution < -0.4 is 26.7 Å². The van der Waals surface area contributed by atoms with E-state index >= 15 is 0 Å². The quantitative estimate of drug-likeness (QED) is 0.403. The summed E-state index contributed by atoms with van der Waals surface area (Å²) in [4.78, 5) is 39.6. The van der Waals surface area contributed by atoms with Crippen molar-refractivity contribution in [2.24, 2.45) is 14.1 Å². The molecule has 2 N–H and O–H groups in total. The fraction of sp³-hybridized carbons (Fsp3) is 0.333. The standard InChI is InChI=1S/C24H26N6O4/c1-4-34-11-5-10-30-18-13-20-19(28(2)22(32)23(33)29(20)3)12-17(18)26-24(30)27-21(31)16-8-6-15(14-25)7-9-16/h6-9,12-13,24,26H,4-5,10-11H2,1-3H3,(H,27,31). The summed E-state index contributed by atoms with van der Waals surface area (Å²) in [6.45, 7) is 3.71. The average Bonchev–Trinajstić information content (AvgIpc) is 3.18. The van der Waals surface area contributed by atoms with Gasteiger partial charge < -0.3 is 29.4 Å². The van der Waals surface area contributed by atoms with Gasteiger partial charge in [-0.05, 0) is 49.7 Å². The van der Waals surface area contributed by atoms with Gasteiger partial charge in [0.05, 0.1) is 34.0 Å². The van der Waals surface area contributed by atoms with Gasteiger partial charge in [-0.3, -0.25) is 14.4 Å². The maximum atomic E-state index is 12.9. The molecule has 0 bridgehead atoms. The third-order valence-corrected chi connectivity index (χ3v) is 5.96. The van der Waals surface area contributed by atoms with Gasteiger partial charge in [0.15, 0.2) is 6.29 Å². The Kier molecular flexibility index (Phi) is 6.38. The number of nitrogens with one attached hydrogen (secondary N) is 2. The molecule has 0 fully saturated rings. The van der Waals surface area contributed by atoms with Crippen LogP contribution in [0, 0.1) is 11.3 Å². The lowest BCUT2D eigenvalue weighted by Crippen LogP contribution is -2.50. The van der Waals surface area contributed by atoms with E-state index in [0.717, 1.165) is 17.8 Å². The van der Waals surface area contributed by atoms with Gasteiger partial charge in [-0.1, -0.05) is 0 Å². The van der Waals surface area contributed by atoms with Gasteiger partial charge in [-0.15, -0.1) is 0 Å². The fourth-order valence-corrected chi connectivity index (χ4v) is 4.07. The van der Waals surface area contributed by atoms with Crippen LogP contribution in [0.15, 0.2) is 46.0 Å². The number of ether oxygens (including phenoxy) is 1. The zero-order valence-electron chi connectivity index (χ0n) is 19.3. The second kappa shape index (κ2) is 9.41. The molecular weight excluding hydrogens is 436 g/mol. The topological polar surface area (TPSA) is 121 Å². The third-order valence-electron chi connectivity index (χ3n) is 5.96. The highest BCUT2D eigenvalue weighted by molar-refractivity contribution is 5.96. The predicted molar refractivity (Wildman–Crippen MR) is 129 cm³/mol.